The normalized spacial score (nSPS) is 15.0. The number of thiazole rings is 1. The Bertz CT molecular complexity index is 933. The highest BCUT2D eigenvalue weighted by Crippen LogP contribution is 2.33. The molecule has 1 aromatic heterocycles. The quantitative estimate of drug-likeness (QED) is 0.679. The lowest BCUT2D eigenvalue weighted by atomic mass is 9.96. The van der Waals surface area contributed by atoms with E-state index in [1.807, 2.05) is 49.4 Å². The SMILES string of the molecule is CCOc1ccc2nc(N3CCC(C(=O)NCc4ccccc4)CC3)sc2c1. The fourth-order valence-electron chi connectivity index (χ4n) is 3.55. The van der Waals surface area contributed by atoms with Gasteiger partial charge in [0.25, 0.3) is 0 Å². The van der Waals surface area contributed by atoms with E-state index in [0.717, 1.165) is 52.6 Å². The second-order valence-corrected chi connectivity index (χ2v) is 8.03. The van der Waals surface area contributed by atoms with Gasteiger partial charge in [-0.1, -0.05) is 41.7 Å². The molecule has 2 heterocycles. The zero-order valence-electron chi connectivity index (χ0n) is 16.1. The van der Waals surface area contributed by atoms with Crippen molar-refractivity contribution < 1.29 is 9.53 Å². The number of fused-ring (bicyclic) bond motifs is 1. The minimum atomic E-state index is 0.0823. The van der Waals surface area contributed by atoms with Crippen LogP contribution < -0.4 is 15.0 Å². The summed E-state index contributed by atoms with van der Waals surface area (Å²) in [6, 6.07) is 16.1. The Morgan fingerprint density at radius 1 is 1.21 bits per heavy atom. The molecule has 0 radical (unpaired) electrons. The largest absolute Gasteiger partial charge is 0.494 e. The molecule has 1 saturated heterocycles. The molecular formula is C22H25N3O2S. The summed E-state index contributed by atoms with van der Waals surface area (Å²) >= 11 is 1.70. The smallest absolute Gasteiger partial charge is 0.223 e. The van der Waals surface area contributed by atoms with Crippen LogP contribution in [0.5, 0.6) is 5.75 Å². The summed E-state index contributed by atoms with van der Waals surface area (Å²) in [4.78, 5) is 19.6. The maximum atomic E-state index is 12.5. The van der Waals surface area contributed by atoms with E-state index in [-0.39, 0.29) is 11.8 Å². The summed E-state index contributed by atoms with van der Waals surface area (Å²) < 4.78 is 6.73. The molecule has 0 atom stereocenters. The van der Waals surface area contributed by atoms with Gasteiger partial charge in [-0.05, 0) is 43.5 Å². The number of piperidine rings is 1. The first-order valence-electron chi connectivity index (χ1n) is 9.83. The predicted octanol–water partition coefficient (Wildman–Crippen LogP) is 4.23. The van der Waals surface area contributed by atoms with Crippen molar-refractivity contribution in [2.75, 3.05) is 24.6 Å². The molecule has 1 fully saturated rings. The second-order valence-electron chi connectivity index (χ2n) is 7.02. The van der Waals surface area contributed by atoms with Gasteiger partial charge in [0, 0.05) is 25.6 Å². The van der Waals surface area contributed by atoms with Crippen molar-refractivity contribution in [1.29, 1.82) is 0 Å². The molecule has 0 unspecified atom stereocenters. The van der Waals surface area contributed by atoms with Crippen LogP contribution in [0.25, 0.3) is 10.2 Å². The number of rotatable bonds is 6. The Balaban J connectivity index is 1.33. The third kappa shape index (κ3) is 4.28. The first-order chi connectivity index (χ1) is 13.7. The number of ether oxygens (including phenoxy) is 1. The molecule has 1 aliphatic rings. The standard InChI is InChI=1S/C22H25N3O2S/c1-2-27-18-8-9-19-20(14-18)28-22(24-19)25-12-10-17(11-13-25)21(26)23-15-16-6-4-3-5-7-16/h3-9,14,17H,2,10-13,15H2,1H3,(H,23,26). The number of nitrogens with one attached hydrogen (secondary N) is 1. The van der Waals surface area contributed by atoms with Gasteiger partial charge in [-0.3, -0.25) is 4.79 Å². The molecule has 1 amide bonds. The van der Waals surface area contributed by atoms with Gasteiger partial charge in [0.1, 0.15) is 5.75 Å². The first kappa shape index (κ1) is 18.7. The molecule has 3 aromatic rings. The van der Waals surface area contributed by atoms with E-state index in [2.05, 4.69) is 16.3 Å². The zero-order chi connectivity index (χ0) is 19.3. The number of carbonyl (C=O) groups is 1. The summed E-state index contributed by atoms with van der Waals surface area (Å²) in [6.07, 6.45) is 1.72. The lowest BCUT2D eigenvalue weighted by molar-refractivity contribution is -0.125. The van der Waals surface area contributed by atoms with Crippen molar-refractivity contribution in [1.82, 2.24) is 10.3 Å². The van der Waals surface area contributed by atoms with Crippen LogP contribution in [0.15, 0.2) is 48.5 Å². The molecule has 2 aromatic carbocycles. The lowest BCUT2D eigenvalue weighted by Gasteiger charge is -2.31. The summed E-state index contributed by atoms with van der Waals surface area (Å²) in [5.74, 6) is 1.13. The number of carbonyl (C=O) groups excluding carboxylic acids is 1. The van der Waals surface area contributed by atoms with Crippen LogP contribution in [0.1, 0.15) is 25.3 Å². The van der Waals surface area contributed by atoms with Crippen LogP contribution in [-0.2, 0) is 11.3 Å². The number of hydrogen-bond donors (Lipinski definition) is 1. The molecule has 0 aliphatic carbocycles. The van der Waals surface area contributed by atoms with E-state index in [1.165, 1.54) is 0 Å². The van der Waals surface area contributed by atoms with E-state index in [9.17, 15) is 4.79 Å². The zero-order valence-corrected chi connectivity index (χ0v) is 16.9. The summed E-state index contributed by atoms with van der Waals surface area (Å²) in [5.41, 5.74) is 2.14. The Kier molecular flexibility index (Phi) is 5.76. The average Bonchev–Trinajstić information content (AvgIpc) is 3.16. The van der Waals surface area contributed by atoms with Crippen LogP contribution in [0.3, 0.4) is 0 Å². The average molecular weight is 396 g/mol. The van der Waals surface area contributed by atoms with Gasteiger partial charge < -0.3 is 15.0 Å². The molecule has 0 bridgehead atoms. The lowest BCUT2D eigenvalue weighted by Crippen LogP contribution is -2.40. The molecule has 0 spiro atoms. The molecule has 28 heavy (non-hydrogen) atoms. The van der Waals surface area contributed by atoms with Crippen LogP contribution in [0.4, 0.5) is 5.13 Å². The van der Waals surface area contributed by atoms with Gasteiger partial charge in [0.2, 0.25) is 5.91 Å². The predicted molar refractivity (Wildman–Crippen MR) is 114 cm³/mol. The van der Waals surface area contributed by atoms with Crippen LogP contribution in [-0.4, -0.2) is 30.6 Å². The first-order valence-corrected chi connectivity index (χ1v) is 10.6. The highest BCUT2D eigenvalue weighted by Gasteiger charge is 2.26. The minimum absolute atomic E-state index is 0.0823. The number of benzene rings is 2. The monoisotopic (exact) mass is 395 g/mol. The minimum Gasteiger partial charge on any atom is -0.494 e. The van der Waals surface area contributed by atoms with Gasteiger partial charge >= 0.3 is 0 Å². The summed E-state index contributed by atoms with van der Waals surface area (Å²) in [5, 5.41) is 4.11. The molecule has 4 rings (SSSR count). The fourth-order valence-corrected chi connectivity index (χ4v) is 4.59. The highest BCUT2D eigenvalue weighted by molar-refractivity contribution is 7.22. The van der Waals surface area contributed by atoms with Crippen molar-refractivity contribution in [3.63, 3.8) is 0 Å². The van der Waals surface area contributed by atoms with Crippen molar-refractivity contribution >= 4 is 32.6 Å². The van der Waals surface area contributed by atoms with Gasteiger partial charge in [-0.25, -0.2) is 4.98 Å². The molecule has 1 aliphatic heterocycles. The van der Waals surface area contributed by atoms with Crippen LogP contribution in [0.2, 0.25) is 0 Å². The second kappa shape index (κ2) is 8.61. The van der Waals surface area contributed by atoms with Gasteiger partial charge in [-0.2, -0.15) is 0 Å². The Morgan fingerprint density at radius 3 is 2.75 bits per heavy atom. The van der Waals surface area contributed by atoms with E-state index >= 15 is 0 Å². The summed E-state index contributed by atoms with van der Waals surface area (Å²) in [6.45, 7) is 4.97. The molecule has 1 N–H and O–H groups in total. The topological polar surface area (TPSA) is 54.5 Å². The molecule has 146 valence electrons. The van der Waals surface area contributed by atoms with Gasteiger partial charge in [-0.15, -0.1) is 0 Å². The van der Waals surface area contributed by atoms with Gasteiger partial charge in [0.15, 0.2) is 5.13 Å². The van der Waals surface area contributed by atoms with Crippen LogP contribution in [0, 0.1) is 5.92 Å². The number of nitrogens with zero attached hydrogens (tertiary/aromatic N) is 2. The van der Waals surface area contributed by atoms with E-state index in [4.69, 9.17) is 9.72 Å². The molecule has 5 nitrogen and oxygen atoms in total. The van der Waals surface area contributed by atoms with Crippen LogP contribution >= 0.6 is 11.3 Å². The molecule has 0 saturated carbocycles. The third-order valence-corrected chi connectivity index (χ3v) is 6.18. The number of hydrogen-bond acceptors (Lipinski definition) is 5. The molecule has 6 heteroatoms. The van der Waals surface area contributed by atoms with Gasteiger partial charge in [0.05, 0.1) is 16.8 Å². The Morgan fingerprint density at radius 2 is 2.00 bits per heavy atom. The van der Waals surface area contributed by atoms with Crippen molar-refractivity contribution in [2.24, 2.45) is 5.92 Å². The Labute approximate surface area is 169 Å². The number of anilines is 1. The van der Waals surface area contributed by atoms with Crippen molar-refractivity contribution in [2.45, 2.75) is 26.3 Å². The molecular weight excluding hydrogens is 370 g/mol. The Hall–Kier alpha value is -2.60. The maximum absolute atomic E-state index is 12.5. The van der Waals surface area contributed by atoms with E-state index in [0.29, 0.717) is 13.2 Å². The van der Waals surface area contributed by atoms with Crippen molar-refractivity contribution in [3.05, 3.63) is 54.1 Å². The summed E-state index contributed by atoms with van der Waals surface area (Å²) in [7, 11) is 0. The fraction of sp³-hybridized carbons (Fsp3) is 0.364. The highest BCUT2D eigenvalue weighted by atomic mass is 32.1. The van der Waals surface area contributed by atoms with E-state index < -0.39 is 0 Å². The van der Waals surface area contributed by atoms with E-state index in [1.54, 1.807) is 11.3 Å². The van der Waals surface area contributed by atoms with Crippen molar-refractivity contribution in [3.8, 4) is 5.75 Å². The number of aromatic nitrogens is 1. The number of amides is 1. The third-order valence-electron chi connectivity index (χ3n) is 5.11. The maximum Gasteiger partial charge on any atom is 0.223 e.